The lowest BCUT2D eigenvalue weighted by molar-refractivity contribution is -0.00838. The van der Waals surface area contributed by atoms with Crippen LogP contribution in [0.5, 0.6) is 0 Å². The van der Waals surface area contributed by atoms with Gasteiger partial charge in [0, 0.05) is 46.6 Å². The van der Waals surface area contributed by atoms with Gasteiger partial charge in [-0.15, -0.1) is 0 Å². The molecule has 0 bridgehead atoms. The Kier molecular flexibility index (Phi) is 8.58. The topological polar surface area (TPSA) is 55.3 Å². The Hall–Kier alpha value is -1.63. The number of aryl methyl sites for hydroxylation is 1. The lowest BCUT2D eigenvalue weighted by atomic mass is 10.0. The molecule has 2 heterocycles. The molecular formula is C22H35N3O3. The molecule has 1 aromatic carbocycles. The smallest absolute Gasteiger partial charge is 0.193 e. The third kappa shape index (κ3) is 6.19. The summed E-state index contributed by atoms with van der Waals surface area (Å²) in [5.74, 6) is 1.62. The quantitative estimate of drug-likeness (QED) is 0.441. The fourth-order valence-corrected chi connectivity index (χ4v) is 3.85. The molecule has 1 unspecified atom stereocenters. The first-order valence-electron chi connectivity index (χ1n) is 10.6. The molecule has 0 aromatic heterocycles. The van der Waals surface area contributed by atoms with Crippen molar-refractivity contribution in [3.63, 3.8) is 0 Å². The monoisotopic (exact) mass is 389 g/mol. The molecule has 1 N–H and O–H groups in total. The minimum Gasteiger partial charge on any atom is -0.381 e. The SMILES string of the molecule is CN=C(NCCCOCC1CCOCC1)N1CCOC(c2ccccc2C)C1. The fraction of sp³-hybridized carbons (Fsp3) is 0.682. The van der Waals surface area contributed by atoms with E-state index in [1.54, 1.807) is 0 Å². The molecule has 0 spiro atoms. The van der Waals surface area contributed by atoms with E-state index >= 15 is 0 Å². The van der Waals surface area contributed by atoms with E-state index in [4.69, 9.17) is 14.2 Å². The Balaban J connectivity index is 1.38. The minimum atomic E-state index is 0.0938. The van der Waals surface area contributed by atoms with Crippen molar-refractivity contribution < 1.29 is 14.2 Å². The highest BCUT2D eigenvalue weighted by molar-refractivity contribution is 5.80. The molecule has 156 valence electrons. The molecule has 2 aliphatic rings. The van der Waals surface area contributed by atoms with Crippen LogP contribution in [-0.2, 0) is 14.2 Å². The maximum absolute atomic E-state index is 6.03. The number of morpholine rings is 1. The molecule has 1 aromatic rings. The van der Waals surface area contributed by atoms with Crippen molar-refractivity contribution >= 4 is 5.96 Å². The number of nitrogens with zero attached hydrogens (tertiary/aromatic N) is 2. The number of rotatable bonds is 7. The second-order valence-corrected chi connectivity index (χ2v) is 7.62. The molecule has 0 radical (unpaired) electrons. The van der Waals surface area contributed by atoms with Gasteiger partial charge in [0.15, 0.2) is 5.96 Å². The van der Waals surface area contributed by atoms with Crippen molar-refractivity contribution in [2.75, 3.05) is 59.7 Å². The zero-order chi connectivity index (χ0) is 19.6. The lowest BCUT2D eigenvalue weighted by Gasteiger charge is -2.35. The Labute approximate surface area is 169 Å². The van der Waals surface area contributed by atoms with Gasteiger partial charge in [0.25, 0.3) is 0 Å². The summed E-state index contributed by atoms with van der Waals surface area (Å²) >= 11 is 0. The van der Waals surface area contributed by atoms with E-state index < -0.39 is 0 Å². The number of hydrogen-bond acceptors (Lipinski definition) is 4. The summed E-state index contributed by atoms with van der Waals surface area (Å²) in [7, 11) is 1.85. The van der Waals surface area contributed by atoms with E-state index in [1.165, 1.54) is 11.1 Å². The second-order valence-electron chi connectivity index (χ2n) is 7.62. The zero-order valence-corrected chi connectivity index (χ0v) is 17.4. The first-order chi connectivity index (χ1) is 13.8. The van der Waals surface area contributed by atoms with Crippen LogP contribution in [0.2, 0.25) is 0 Å². The summed E-state index contributed by atoms with van der Waals surface area (Å²) < 4.78 is 17.3. The third-order valence-electron chi connectivity index (χ3n) is 5.56. The number of benzene rings is 1. The highest BCUT2D eigenvalue weighted by Crippen LogP contribution is 2.25. The normalized spacial score (nSPS) is 21.7. The summed E-state index contributed by atoms with van der Waals surface area (Å²) in [6.07, 6.45) is 3.33. The van der Waals surface area contributed by atoms with Crippen molar-refractivity contribution in [2.24, 2.45) is 10.9 Å². The number of guanidine groups is 1. The summed E-state index contributed by atoms with van der Waals surface area (Å²) in [5, 5.41) is 3.48. The van der Waals surface area contributed by atoms with Crippen LogP contribution in [0.25, 0.3) is 0 Å². The highest BCUT2D eigenvalue weighted by atomic mass is 16.5. The molecule has 28 heavy (non-hydrogen) atoms. The van der Waals surface area contributed by atoms with Crippen LogP contribution in [0.15, 0.2) is 29.3 Å². The van der Waals surface area contributed by atoms with Gasteiger partial charge in [0.05, 0.1) is 13.2 Å². The Morgan fingerprint density at radius 3 is 2.86 bits per heavy atom. The molecule has 2 fully saturated rings. The predicted molar refractivity (Wildman–Crippen MR) is 112 cm³/mol. The van der Waals surface area contributed by atoms with Crippen LogP contribution < -0.4 is 5.32 Å². The molecule has 2 saturated heterocycles. The number of aliphatic imine (C=N–C) groups is 1. The van der Waals surface area contributed by atoms with Gasteiger partial charge in [-0.3, -0.25) is 4.99 Å². The van der Waals surface area contributed by atoms with E-state index in [9.17, 15) is 0 Å². The van der Waals surface area contributed by atoms with Gasteiger partial charge < -0.3 is 24.4 Å². The number of hydrogen-bond donors (Lipinski definition) is 1. The Morgan fingerprint density at radius 1 is 1.25 bits per heavy atom. The van der Waals surface area contributed by atoms with Crippen LogP contribution in [0.4, 0.5) is 0 Å². The molecule has 6 nitrogen and oxygen atoms in total. The van der Waals surface area contributed by atoms with Crippen LogP contribution in [-0.4, -0.2) is 70.6 Å². The molecule has 0 amide bonds. The molecule has 2 aliphatic heterocycles. The summed E-state index contributed by atoms with van der Waals surface area (Å²) in [5.41, 5.74) is 2.54. The Bertz CT molecular complexity index is 617. The Morgan fingerprint density at radius 2 is 2.07 bits per heavy atom. The van der Waals surface area contributed by atoms with E-state index in [0.29, 0.717) is 12.5 Å². The van der Waals surface area contributed by atoms with Gasteiger partial charge in [0.1, 0.15) is 6.10 Å². The van der Waals surface area contributed by atoms with Gasteiger partial charge >= 0.3 is 0 Å². The molecule has 3 rings (SSSR count). The first-order valence-corrected chi connectivity index (χ1v) is 10.6. The van der Waals surface area contributed by atoms with Gasteiger partial charge in [-0.05, 0) is 43.2 Å². The van der Waals surface area contributed by atoms with Gasteiger partial charge in [-0.1, -0.05) is 24.3 Å². The van der Waals surface area contributed by atoms with E-state index in [2.05, 4.69) is 46.4 Å². The standard InChI is InChI=1S/C22H35N3O3/c1-18-6-3-4-7-20(18)21-16-25(11-15-28-21)22(23-2)24-10-5-12-27-17-19-8-13-26-14-9-19/h3-4,6-7,19,21H,5,8-17H2,1-2H3,(H,23,24). The lowest BCUT2D eigenvalue weighted by Crippen LogP contribution is -2.48. The largest absolute Gasteiger partial charge is 0.381 e. The van der Waals surface area contributed by atoms with Gasteiger partial charge in [-0.25, -0.2) is 0 Å². The van der Waals surface area contributed by atoms with E-state index in [0.717, 1.165) is 71.3 Å². The van der Waals surface area contributed by atoms with Crippen LogP contribution >= 0.6 is 0 Å². The van der Waals surface area contributed by atoms with E-state index in [1.807, 2.05) is 7.05 Å². The minimum absolute atomic E-state index is 0.0938. The molecule has 1 atom stereocenters. The number of ether oxygens (including phenoxy) is 3. The maximum Gasteiger partial charge on any atom is 0.193 e. The predicted octanol–water partition coefficient (Wildman–Crippen LogP) is 2.78. The first kappa shape index (κ1) is 21.1. The zero-order valence-electron chi connectivity index (χ0n) is 17.4. The second kappa shape index (κ2) is 11.4. The molecular weight excluding hydrogens is 354 g/mol. The summed E-state index contributed by atoms with van der Waals surface area (Å²) in [6.45, 7) is 8.83. The highest BCUT2D eigenvalue weighted by Gasteiger charge is 2.25. The summed E-state index contributed by atoms with van der Waals surface area (Å²) in [6, 6.07) is 8.46. The average Bonchev–Trinajstić information content (AvgIpc) is 2.74. The molecule has 0 aliphatic carbocycles. The van der Waals surface area contributed by atoms with Crippen LogP contribution in [0.1, 0.15) is 36.5 Å². The van der Waals surface area contributed by atoms with Crippen molar-refractivity contribution in [3.8, 4) is 0 Å². The van der Waals surface area contributed by atoms with Gasteiger partial charge in [0.2, 0.25) is 0 Å². The fourth-order valence-electron chi connectivity index (χ4n) is 3.85. The number of nitrogens with one attached hydrogen (secondary N) is 1. The molecule has 6 heteroatoms. The van der Waals surface area contributed by atoms with Crippen molar-refractivity contribution in [1.82, 2.24) is 10.2 Å². The van der Waals surface area contributed by atoms with Crippen molar-refractivity contribution in [3.05, 3.63) is 35.4 Å². The van der Waals surface area contributed by atoms with Crippen molar-refractivity contribution in [2.45, 2.75) is 32.3 Å². The van der Waals surface area contributed by atoms with Crippen LogP contribution in [0.3, 0.4) is 0 Å². The van der Waals surface area contributed by atoms with Crippen molar-refractivity contribution in [1.29, 1.82) is 0 Å². The van der Waals surface area contributed by atoms with E-state index in [-0.39, 0.29) is 6.10 Å². The molecule has 0 saturated carbocycles. The maximum atomic E-state index is 6.03. The van der Waals surface area contributed by atoms with Crippen LogP contribution in [0, 0.1) is 12.8 Å². The average molecular weight is 390 g/mol. The summed E-state index contributed by atoms with van der Waals surface area (Å²) in [4.78, 5) is 6.77. The van der Waals surface area contributed by atoms with Gasteiger partial charge in [-0.2, -0.15) is 0 Å². The third-order valence-corrected chi connectivity index (χ3v) is 5.56.